The Morgan fingerprint density at radius 1 is 0.875 bits per heavy atom. The Morgan fingerprint density at radius 3 is 2.41 bits per heavy atom. The average Bonchev–Trinajstić information content (AvgIpc) is 2.86. The fourth-order valence-corrected chi connectivity index (χ4v) is 3.33. The van der Waals surface area contributed by atoms with Crippen molar-refractivity contribution in [2.75, 3.05) is 20.8 Å². The number of esters is 1. The normalized spacial score (nSPS) is 10.6. The summed E-state index contributed by atoms with van der Waals surface area (Å²) in [6, 6.07) is 17.4. The number of ether oxygens (including phenoxy) is 3. The van der Waals surface area contributed by atoms with Crippen LogP contribution >= 0.6 is 0 Å². The molecule has 2 heterocycles. The second kappa shape index (κ2) is 9.26. The summed E-state index contributed by atoms with van der Waals surface area (Å²) >= 11 is 0. The molecule has 0 radical (unpaired) electrons. The number of ketones is 1. The molecule has 4 aromatic rings. The van der Waals surface area contributed by atoms with Gasteiger partial charge in [-0.3, -0.25) is 9.78 Å². The van der Waals surface area contributed by atoms with Crippen molar-refractivity contribution in [3.05, 3.63) is 84.2 Å². The molecule has 0 aliphatic heterocycles. The van der Waals surface area contributed by atoms with Gasteiger partial charge in [-0.2, -0.15) is 0 Å². The average molecular weight is 428 g/mol. The lowest BCUT2D eigenvalue weighted by Gasteiger charge is -2.11. The van der Waals surface area contributed by atoms with Gasteiger partial charge >= 0.3 is 5.97 Å². The summed E-state index contributed by atoms with van der Waals surface area (Å²) in [5.41, 5.74) is 2.71. The summed E-state index contributed by atoms with van der Waals surface area (Å²) in [5.74, 6) is -0.0904. The molecule has 32 heavy (non-hydrogen) atoms. The van der Waals surface area contributed by atoms with Gasteiger partial charge in [0.25, 0.3) is 0 Å². The first-order valence-corrected chi connectivity index (χ1v) is 9.83. The first kappa shape index (κ1) is 21.0. The highest BCUT2D eigenvalue weighted by molar-refractivity contribution is 6.06. The number of para-hydroxylation sites is 1. The summed E-state index contributed by atoms with van der Waals surface area (Å²) < 4.78 is 15.8. The van der Waals surface area contributed by atoms with Crippen LogP contribution in [0.25, 0.3) is 22.2 Å². The number of methoxy groups -OCH3 is 2. The third-order valence-electron chi connectivity index (χ3n) is 4.96. The lowest BCUT2D eigenvalue weighted by molar-refractivity contribution is 0.0476. The first-order valence-electron chi connectivity index (χ1n) is 9.83. The molecular formula is C25H20N2O5. The minimum Gasteiger partial charge on any atom is -0.497 e. The van der Waals surface area contributed by atoms with Crippen molar-refractivity contribution in [3.63, 3.8) is 0 Å². The van der Waals surface area contributed by atoms with E-state index in [2.05, 4.69) is 9.97 Å². The molecule has 0 aliphatic carbocycles. The van der Waals surface area contributed by atoms with Crippen LogP contribution in [-0.2, 0) is 4.74 Å². The number of Topliss-reactive ketones (excluding diaryl/α,β-unsaturated/α-hetero) is 1. The predicted molar refractivity (Wildman–Crippen MR) is 119 cm³/mol. The van der Waals surface area contributed by atoms with Crippen LogP contribution in [0.15, 0.2) is 73.1 Å². The number of pyridine rings is 2. The number of rotatable bonds is 7. The first-order chi connectivity index (χ1) is 15.6. The molecule has 0 saturated heterocycles. The van der Waals surface area contributed by atoms with E-state index < -0.39 is 12.6 Å². The zero-order valence-corrected chi connectivity index (χ0v) is 17.6. The smallest absolute Gasteiger partial charge is 0.339 e. The van der Waals surface area contributed by atoms with Crippen molar-refractivity contribution in [2.24, 2.45) is 0 Å². The second-order valence-corrected chi connectivity index (χ2v) is 6.87. The standard InChI is InChI=1S/C25H20N2O5/c1-30-17-7-8-19(24(13-17)31-2)23(28)15-32-25(29)20-14-22(16-9-11-26-12-10-16)27-21-6-4-3-5-18(20)21/h3-14H,15H2,1-2H3. The van der Waals surface area contributed by atoms with E-state index in [1.54, 1.807) is 42.7 Å². The number of benzene rings is 2. The molecule has 0 bridgehead atoms. The SMILES string of the molecule is COc1ccc(C(=O)COC(=O)c2cc(-c3ccncc3)nc3ccccc23)c(OC)c1. The number of carbonyl (C=O) groups is 2. The Hall–Kier alpha value is -4.26. The van der Waals surface area contributed by atoms with E-state index in [1.165, 1.54) is 14.2 Å². The predicted octanol–water partition coefficient (Wildman–Crippen LogP) is 4.35. The van der Waals surface area contributed by atoms with E-state index in [1.807, 2.05) is 30.3 Å². The van der Waals surface area contributed by atoms with Crippen LogP contribution in [0, 0.1) is 0 Å². The Kier molecular flexibility index (Phi) is 6.07. The van der Waals surface area contributed by atoms with Gasteiger partial charge < -0.3 is 14.2 Å². The number of fused-ring (bicyclic) bond motifs is 1. The fraction of sp³-hybridized carbons (Fsp3) is 0.120. The van der Waals surface area contributed by atoms with Crippen molar-refractivity contribution < 1.29 is 23.8 Å². The van der Waals surface area contributed by atoms with Crippen molar-refractivity contribution in [1.82, 2.24) is 9.97 Å². The maximum absolute atomic E-state index is 13.0. The summed E-state index contributed by atoms with van der Waals surface area (Å²) in [7, 11) is 2.98. The molecule has 4 rings (SSSR count). The topological polar surface area (TPSA) is 87.6 Å². The van der Waals surface area contributed by atoms with Gasteiger partial charge in [-0.05, 0) is 36.4 Å². The van der Waals surface area contributed by atoms with Crippen molar-refractivity contribution in [3.8, 4) is 22.8 Å². The molecule has 0 amide bonds. The van der Waals surface area contributed by atoms with E-state index in [-0.39, 0.29) is 5.78 Å². The number of carbonyl (C=O) groups excluding carboxylic acids is 2. The molecule has 0 N–H and O–H groups in total. The lowest BCUT2D eigenvalue weighted by atomic mass is 10.0. The number of hydrogen-bond donors (Lipinski definition) is 0. The summed E-state index contributed by atoms with van der Waals surface area (Å²) in [5, 5.41) is 0.643. The molecule has 160 valence electrons. The second-order valence-electron chi connectivity index (χ2n) is 6.87. The number of hydrogen-bond acceptors (Lipinski definition) is 7. The van der Waals surface area contributed by atoms with Crippen LogP contribution in [0.3, 0.4) is 0 Å². The highest BCUT2D eigenvalue weighted by Crippen LogP contribution is 2.27. The third kappa shape index (κ3) is 4.27. The molecule has 0 unspecified atom stereocenters. The fourth-order valence-electron chi connectivity index (χ4n) is 3.33. The van der Waals surface area contributed by atoms with Gasteiger partial charge in [-0.25, -0.2) is 9.78 Å². The third-order valence-corrected chi connectivity index (χ3v) is 4.96. The van der Waals surface area contributed by atoms with Gasteiger partial charge in [0.15, 0.2) is 6.61 Å². The maximum atomic E-state index is 13.0. The number of aromatic nitrogens is 2. The Morgan fingerprint density at radius 2 is 1.66 bits per heavy atom. The molecule has 0 saturated carbocycles. The van der Waals surface area contributed by atoms with Gasteiger partial charge in [-0.1, -0.05) is 18.2 Å². The van der Waals surface area contributed by atoms with Crippen LogP contribution in [-0.4, -0.2) is 42.5 Å². The summed E-state index contributed by atoms with van der Waals surface area (Å²) in [6.45, 7) is -0.428. The molecule has 0 atom stereocenters. The van der Waals surface area contributed by atoms with Gasteiger partial charge in [0.2, 0.25) is 5.78 Å². The van der Waals surface area contributed by atoms with E-state index in [4.69, 9.17) is 14.2 Å². The monoisotopic (exact) mass is 428 g/mol. The van der Waals surface area contributed by atoms with Crippen molar-refractivity contribution in [2.45, 2.75) is 0 Å². The van der Waals surface area contributed by atoms with E-state index in [0.717, 1.165) is 5.56 Å². The highest BCUT2D eigenvalue weighted by atomic mass is 16.5. The van der Waals surface area contributed by atoms with Crippen molar-refractivity contribution in [1.29, 1.82) is 0 Å². The summed E-state index contributed by atoms with van der Waals surface area (Å²) in [4.78, 5) is 34.3. The number of nitrogens with zero attached hydrogens (tertiary/aromatic N) is 2. The minimum atomic E-state index is -0.611. The highest BCUT2D eigenvalue weighted by Gasteiger charge is 2.19. The van der Waals surface area contributed by atoms with Crippen LogP contribution in [0.4, 0.5) is 0 Å². The van der Waals surface area contributed by atoms with Crippen LogP contribution in [0.2, 0.25) is 0 Å². The molecule has 7 heteroatoms. The Balaban J connectivity index is 1.61. The molecule has 7 nitrogen and oxygen atoms in total. The maximum Gasteiger partial charge on any atom is 0.339 e. The van der Waals surface area contributed by atoms with Crippen LogP contribution in [0.1, 0.15) is 20.7 Å². The quantitative estimate of drug-likeness (QED) is 0.319. The summed E-state index contributed by atoms with van der Waals surface area (Å²) in [6.07, 6.45) is 3.32. The van der Waals surface area contributed by atoms with Crippen LogP contribution in [0.5, 0.6) is 11.5 Å². The zero-order chi connectivity index (χ0) is 22.5. The largest absolute Gasteiger partial charge is 0.497 e. The van der Waals surface area contributed by atoms with E-state index in [9.17, 15) is 9.59 Å². The molecule has 0 fully saturated rings. The van der Waals surface area contributed by atoms with Gasteiger partial charge in [-0.15, -0.1) is 0 Å². The zero-order valence-electron chi connectivity index (χ0n) is 17.6. The van der Waals surface area contributed by atoms with Crippen molar-refractivity contribution >= 4 is 22.7 Å². The van der Waals surface area contributed by atoms with E-state index in [0.29, 0.717) is 39.2 Å². The van der Waals surface area contributed by atoms with Gasteiger partial charge in [0.1, 0.15) is 11.5 Å². The molecule has 2 aromatic heterocycles. The van der Waals surface area contributed by atoms with Gasteiger partial charge in [0.05, 0.1) is 36.6 Å². The van der Waals surface area contributed by atoms with Crippen LogP contribution < -0.4 is 9.47 Å². The lowest BCUT2D eigenvalue weighted by Crippen LogP contribution is -2.15. The minimum absolute atomic E-state index is 0.304. The van der Waals surface area contributed by atoms with E-state index >= 15 is 0 Å². The molecular weight excluding hydrogens is 408 g/mol. The Labute approximate surface area is 184 Å². The van der Waals surface area contributed by atoms with Gasteiger partial charge in [0, 0.05) is 29.4 Å². The molecule has 0 spiro atoms. The molecule has 2 aromatic carbocycles. The Bertz CT molecular complexity index is 1290. The molecule has 0 aliphatic rings.